The van der Waals surface area contributed by atoms with Crippen LogP contribution in [-0.2, 0) is 52.1 Å². The molecular formula is C74H66N2O12. The topological polar surface area (TPSA) is 137 Å². The van der Waals surface area contributed by atoms with Gasteiger partial charge >= 0.3 is 0 Å². The predicted molar refractivity (Wildman–Crippen MR) is 333 cm³/mol. The Morgan fingerprint density at radius 1 is 0.182 bits per heavy atom. The summed E-state index contributed by atoms with van der Waals surface area (Å²) in [7, 11) is 0. The van der Waals surface area contributed by atoms with Crippen LogP contribution in [0.25, 0.3) is 0 Å². The minimum atomic E-state index is 0.214. The maximum Gasteiger partial charge on any atom is 0.161 e. The Kier molecular flexibility index (Phi) is 17.9. The second kappa shape index (κ2) is 27.8. The molecule has 14 nitrogen and oxygen atoms in total. The third kappa shape index (κ3) is 14.0. The quantitative estimate of drug-likeness (QED) is 0.142. The Labute approximate surface area is 512 Å². The van der Waals surface area contributed by atoms with Gasteiger partial charge in [-0.2, -0.15) is 0 Å². The zero-order chi connectivity index (χ0) is 59.1. The van der Waals surface area contributed by atoms with Gasteiger partial charge < -0.3 is 56.8 Å². The Balaban J connectivity index is 0.913. The van der Waals surface area contributed by atoms with Gasteiger partial charge in [0.05, 0.1) is 22.8 Å². The third-order valence-corrected chi connectivity index (χ3v) is 15.2. The molecular weight excluding hydrogens is 1110 g/mol. The molecule has 1 aliphatic carbocycles. The molecule has 0 saturated carbocycles. The summed E-state index contributed by atoms with van der Waals surface area (Å²) in [6.07, 6.45) is 1.90. The Hall–Kier alpha value is -10.3. The monoisotopic (exact) mass is 1170 g/mol. The molecule has 10 aromatic rings. The first-order valence-electron chi connectivity index (χ1n) is 29.8. The molecule has 88 heavy (non-hydrogen) atoms. The van der Waals surface area contributed by atoms with Crippen LogP contribution in [0.3, 0.4) is 0 Å². The van der Waals surface area contributed by atoms with Crippen molar-refractivity contribution in [1.29, 1.82) is 0 Å². The molecule has 0 fully saturated rings. The van der Waals surface area contributed by atoms with Crippen molar-refractivity contribution < 1.29 is 56.8 Å². The molecule has 15 rings (SSSR count). The van der Waals surface area contributed by atoms with Gasteiger partial charge in [-0.15, -0.1) is 0 Å². The molecule has 8 aromatic carbocycles. The molecule has 0 atom stereocenters. The van der Waals surface area contributed by atoms with Gasteiger partial charge in [0.2, 0.25) is 0 Å². The molecule has 4 aliphatic heterocycles. The van der Waals surface area contributed by atoms with Crippen molar-refractivity contribution in [2.45, 2.75) is 52.1 Å². The van der Waals surface area contributed by atoms with Crippen LogP contribution in [0, 0.1) is 0 Å². The molecule has 0 N–H and O–H groups in total. The summed E-state index contributed by atoms with van der Waals surface area (Å²) >= 11 is 0. The lowest BCUT2D eigenvalue weighted by Crippen LogP contribution is -2.15. The van der Waals surface area contributed by atoms with Crippen molar-refractivity contribution in [3.05, 3.63) is 274 Å². The van der Waals surface area contributed by atoms with Crippen molar-refractivity contribution in [2.75, 3.05) is 52.9 Å². The lowest BCUT2D eigenvalue weighted by atomic mass is 9.91. The van der Waals surface area contributed by atoms with E-state index in [4.69, 9.17) is 66.8 Å². The van der Waals surface area contributed by atoms with E-state index in [0.29, 0.717) is 71.7 Å². The number of ether oxygens (including phenoxy) is 12. The highest BCUT2D eigenvalue weighted by Gasteiger charge is 2.23. The van der Waals surface area contributed by atoms with Gasteiger partial charge in [-0.1, -0.05) is 133 Å². The highest BCUT2D eigenvalue weighted by molar-refractivity contribution is 5.56. The van der Waals surface area contributed by atoms with Crippen LogP contribution in [0.1, 0.15) is 67.3 Å². The van der Waals surface area contributed by atoms with Crippen LogP contribution in [-0.4, -0.2) is 62.8 Å². The second-order valence-electron chi connectivity index (χ2n) is 21.3. The zero-order valence-corrected chi connectivity index (χ0v) is 48.7. The van der Waals surface area contributed by atoms with E-state index in [2.05, 4.69) is 72.8 Å². The van der Waals surface area contributed by atoms with Crippen LogP contribution >= 0.6 is 0 Å². The average molecular weight is 1180 g/mol. The number of aromatic nitrogens is 2. The van der Waals surface area contributed by atoms with E-state index in [1.54, 1.807) is 0 Å². The number of para-hydroxylation sites is 12. The van der Waals surface area contributed by atoms with Gasteiger partial charge in [-0.05, 0) is 117 Å². The van der Waals surface area contributed by atoms with Gasteiger partial charge in [0.1, 0.15) is 102 Å². The number of nitrogens with zero attached hydrogens (tertiary/aromatic N) is 2. The van der Waals surface area contributed by atoms with Gasteiger partial charge in [0.25, 0.3) is 0 Å². The van der Waals surface area contributed by atoms with Crippen LogP contribution < -0.4 is 56.8 Å². The van der Waals surface area contributed by atoms with E-state index < -0.39 is 0 Å². The maximum absolute atomic E-state index is 7.01. The first-order valence-corrected chi connectivity index (χ1v) is 29.8. The smallest absolute Gasteiger partial charge is 0.161 e. The standard InChI is InChI=1S/C74H66N2O12/c1-5-31-67-63(27-1)77-35-39-81-71-51-15-9-16-52(71)44-54-18-11-20-56-46-58-22-12-21-57(74(58)84-42-38-78-64-28-2-6-32-68(64)86-48-60-24-13-23-59(75-60)47-85-67)45-55-19-10-17-53(43-51)72(55)82-40-36-79-65-29-3-7-33-69(65)87-49-61-25-14-26-62(76-61)50-88-70-34-8-4-30-66(70)80-37-41-83-73(54)56/h1-34H,35-50H2. The lowest BCUT2D eigenvalue weighted by Gasteiger charge is -2.23. The summed E-state index contributed by atoms with van der Waals surface area (Å²) in [5.41, 5.74) is 10.7. The van der Waals surface area contributed by atoms with Crippen LogP contribution in [0.2, 0.25) is 0 Å². The predicted octanol–water partition coefficient (Wildman–Crippen LogP) is 13.9. The Morgan fingerprint density at radius 3 is 0.580 bits per heavy atom. The van der Waals surface area contributed by atoms with E-state index in [-0.39, 0.29) is 79.3 Å². The van der Waals surface area contributed by atoms with Crippen molar-refractivity contribution in [2.24, 2.45) is 0 Å². The highest BCUT2D eigenvalue weighted by atomic mass is 16.6. The largest absolute Gasteiger partial charge is 0.489 e. The molecule has 0 amide bonds. The lowest BCUT2D eigenvalue weighted by molar-refractivity contribution is 0.200. The average Bonchev–Trinajstić information content (AvgIpc) is 2.85. The summed E-state index contributed by atoms with van der Waals surface area (Å²) in [4.78, 5) is 9.75. The molecule has 0 radical (unpaired) electrons. The molecule has 6 heterocycles. The Bertz CT molecular complexity index is 3430. The van der Waals surface area contributed by atoms with Crippen molar-refractivity contribution in [1.82, 2.24) is 9.97 Å². The summed E-state index contributed by atoms with van der Waals surface area (Å²) in [5, 5.41) is 0. The zero-order valence-electron chi connectivity index (χ0n) is 48.7. The Morgan fingerprint density at radius 2 is 0.364 bits per heavy atom. The molecule has 444 valence electrons. The van der Waals surface area contributed by atoms with E-state index in [1.165, 1.54) is 0 Å². The third-order valence-electron chi connectivity index (χ3n) is 15.2. The summed E-state index contributed by atoms with van der Waals surface area (Å²) < 4.78 is 79.6. The van der Waals surface area contributed by atoms with Gasteiger partial charge in [0, 0.05) is 25.7 Å². The van der Waals surface area contributed by atoms with Crippen LogP contribution in [0.4, 0.5) is 0 Å². The van der Waals surface area contributed by atoms with Crippen LogP contribution in [0.5, 0.6) is 69.0 Å². The molecule has 16 bridgehead atoms. The summed E-state index contributed by atoms with van der Waals surface area (Å²) in [6, 6.07) is 67.7. The minimum absolute atomic E-state index is 0.214. The minimum Gasteiger partial charge on any atom is -0.489 e. The van der Waals surface area contributed by atoms with Crippen LogP contribution in [0.15, 0.2) is 206 Å². The fourth-order valence-corrected chi connectivity index (χ4v) is 11.2. The molecule has 14 heteroatoms. The van der Waals surface area contributed by atoms with Crippen molar-refractivity contribution >= 4 is 0 Å². The van der Waals surface area contributed by atoms with Crippen molar-refractivity contribution in [3.63, 3.8) is 0 Å². The number of fused-ring (bicyclic) bond motifs is 16. The highest BCUT2D eigenvalue weighted by Crippen LogP contribution is 2.40. The number of rotatable bonds is 0. The normalized spacial score (nSPS) is 14.7. The molecule has 5 aliphatic rings. The molecule has 2 aromatic heterocycles. The molecule has 0 unspecified atom stereocenters. The number of pyridine rings is 2. The number of hydrogen-bond donors (Lipinski definition) is 0. The number of benzene rings is 8. The van der Waals surface area contributed by atoms with Crippen molar-refractivity contribution in [3.8, 4) is 69.0 Å². The van der Waals surface area contributed by atoms with E-state index in [0.717, 1.165) is 90.3 Å². The first-order chi connectivity index (χ1) is 43.6. The SMILES string of the molecule is c1cc2nc(c1)COc1ccccc1OCCOc1c3cccc1Cc1cccc4c1OCCOc1ccccc1OCc1cccc(n1)COc1ccccc1OCCOc1c(cccc1C3)Cc1cccc(c1OCCOc1ccccc1OC2)C4. The fourth-order valence-electron chi connectivity index (χ4n) is 11.2. The van der Waals surface area contributed by atoms with Gasteiger partial charge in [0.15, 0.2) is 46.0 Å². The summed E-state index contributed by atoms with van der Waals surface area (Å²) in [6.45, 7) is 2.69. The van der Waals surface area contributed by atoms with Gasteiger partial charge in [-0.25, -0.2) is 0 Å². The fraction of sp³-hybridized carbons (Fsp3) is 0.216. The maximum atomic E-state index is 7.01. The van der Waals surface area contributed by atoms with Gasteiger partial charge in [-0.3, -0.25) is 9.97 Å². The first kappa shape index (κ1) is 56.8. The molecule has 0 spiro atoms. The number of hydrogen-bond acceptors (Lipinski definition) is 14. The summed E-state index contributed by atoms with van der Waals surface area (Å²) in [5.74, 6) is 7.67. The van der Waals surface area contributed by atoms with E-state index >= 15 is 0 Å². The van der Waals surface area contributed by atoms with E-state index in [9.17, 15) is 0 Å². The second-order valence-corrected chi connectivity index (χ2v) is 21.3. The van der Waals surface area contributed by atoms with E-state index in [1.807, 2.05) is 133 Å². The molecule has 0 saturated heterocycles.